The molecular weight excluding hydrogens is 396 g/mol. The van der Waals surface area contributed by atoms with Crippen molar-refractivity contribution in [2.24, 2.45) is 11.8 Å². The van der Waals surface area contributed by atoms with E-state index in [1.54, 1.807) is 12.1 Å². The van der Waals surface area contributed by atoms with E-state index in [1.165, 1.54) is 16.1 Å². The maximum atomic E-state index is 13.0. The molecule has 9 heteroatoms. The molecule has 29 heavy (non-hydrogen) atoms. The fourth-order valence-electron chi connectivity index (χ4n) is 4.81. The number of hydrogen-bond donors (Lipinski definition) is 0. The lowest BCUT2D eigenvalue weighted by Crippen LogP contribution is -2.42. The molecule has 1 saturated carbocycles. The summed E-state index contributed by atoms with van der Waals surface area (Å²) in [5, 5.41) is 0. The Morgan fingerprint density at radius 1 is 1.14 bits per heavy atom. The maximum absolute atomic E-state index is 13.0. The Balaban J connectivity index is 1.44. The summed E-state index contributed by atoms with van der Waals surface area (Å²) in [6.45, 7) is 0.233. The third-order valence-corrected chi connectivity index (χ3v) is 8.11. The van der Waals surface area contributed by atoms with Crippen molar-refractivity contribution in [2.45, 2.75) is 51.1 Å². The van der Waals surface area contributed by atoms with E-state index in [0.29, 0.717) is 12.2 Å². The highest BCUT2D eigenvalue weighted by molar-refractivity contribution is 7.91. The molecule has 3 heterocycles. The number of imide groups is 1. The SMILES string of the molecule is O=C1[C@H]2CCCC[C@@H]2C(=O)N1CCC(=O)N(Cc1ccco1)[C@@H]1CCS(=O)(=O)C1. The summed E-state index contributed by atoms with van der Waals surface area (Å²) in [6.07, 6.45) is 5.29. The van der Waals surface area contributed by atoms with Gasteiger partial charge in [-0.3, -0.25) is 19.3 Å². The van der Waals surface area contributed by atoms with E-state index in [9.17, 15) is 22.8 Å². The first-order valence-electron chi connectivity index (χ1n) is 10.2. The maximum Gasteiger partial charge on any atom is 0.233 e. The zero-order valence-corrected chi connectivity index (χ0v) is 17.1. The summed E-state index contributed by atoms with van der Waals surface area (Å²) < 4.78 is 29.2. The molecular formula is C20H26N2O6S. The van der Waals surface area contributed by atoms with E-state index in [2.05, 4.69) is 0 Å². The Bertz CT molecular complexity index is 870. The third kappa shape index (κ3) is 4.10. The topological polar surface area (TPSA) is 105 Å². The molecule has 3 aliphatic rings. The van der Waals surface area contributed by atoms with E-state index in [-0.39, 0.29) is 60.6 Å². The van der Waals surface area contributed by atoms with Gasteiger partial charge in [-0.25, -0.2) is 8.42 Å². The van der Waals surface area contributed by atoms with Crippen LogP contribution >= 0.6 is 0 Å². The largest absolute Gasteiger partial charge is 0.467 e. The first-order chi connectivity index (χ1) is 13.9. The van der Waals surface area contributed by atoms with Crippen LogP contribution in [0.4, 0.5) is 0 Å². The number of nitrogens with zero attached hydrogens (tertiary/aromatic N) is 2. The van der Waals surface area contributed by atoms with Crippen molar-refractivity contribution in [2.75, 3.05) is 18.1 Å². The number of likely N-dealkylation sites (tertiary alicyclic amines) is 1. The molecule has 0 unspecified atom stereocenters. The number of furan rings is 1. The monoisotopic (exact) mass is 422 g/mol. The van der Waals surface area contributed by atoms with Gasteiger partial charge in [0.05, 0.1) is 36.1 Å². The zero-order chi connectivity index (χ0) is 20.6. The van der Waals surface area contributed by atoms with Gasteiger partial charge in [0.1, 0.15) is 5.76 Å². The Labute approximate surface area is 170 Å². The Morgan fingerprint density at radius 3 is 2.38 bits per heavy atom. The Morgan fingerprint density at radius 2 is 1.83 bits per heavy atom. The Hall–Kier alpha value is -2.16. The number of rotatable bonds is 6. The van der Waals surface area contributed by atoms with Crippen LogP contribution in [0.25, 0.3) is 0 Å². The Kier molecular flexibility index (Phi) is 5.50. The lowest BCUT2D eigenvalue weighted by Gasteiger charge is -2.28. The second-order valence-corrected chi connectivity index (χ2v) is 10.5. The fourth-order valence-corrected chi connectivity index (χ4v) is 6.55. The zero-order valence-electron chi connectivity index (χ0n) is 16.3. The van der Waals surface area contributed by atoms with Crippen LogP contribution in [0.5, 0.6) is 0 Å². The minimum atomic E-state index is -3.16. The van der Waals surface area contributed by atoms with Crippen molar-refractivity contribution in [3.8, 4) is 0 Å². The number of amides is 3. The van der Waals surface area contributed by atoms with Gasteiger partial charge in [-0.05, 0) is 31.4 Å². The van der Waals surface area contributed by atoms with E-state index in [4.69, 9.17) is 4.42 Å². The molecule has 1 aromatic heterocycles. The van der Waals surface area contributed by atoms with Crippen LogP contribution in [0.1, 0.15) is 44.3 Å². The van der Waals surface area contributed by atoms with Gasteiger partial charge in [0.2, 0.25) is 17.7 Å². The van der Waals surface area contributed by atoms with Gasteiger partial charge in [0, 0.05) is 19.0 Å². The van der Waals surface area contributed by atoms with Crippen LogP contribution in [-0.2, 0) is 30.8 Å². The van der Waals surface area contributed by atoms with E-state index in [1.807, 2.05) is 0 Å². The molecule has 0 bridgehead atoms. The van der Waals surface area contributed by atoms with Crippen LogP contribution in [0.15, 0.2) is 22.8 Å². The first kappa shape index (κ1) is 20.1. The average Bonchev–Trinajstić information content (AvgIpc) is 3.39. The van der Waals surface area contributed by atoms with Crippen LogP contribution in [-0.4, -0.2) is 60.0 Å². The molecule has 2 saturated heterocycles. The van der Waals surface area contributed by atoms with Crippen LogP contribution in [0.2, 0.25) is 0 Å². The normalized spacial score (nSPS) is 28.6. The second kappa shape index (κ2) is 7.93. The van der Waals surface area contributed by atoms with Gasteiger partial charge in [-0.15, -0.1) is 0 Å². The van der Waals surface area contributed by atoms with E-state index in [0.717, 1.165) is 25.7 Å². The van der Waals surface area contributed by atoms with Crippen molar-refractivity contribution in [3.05, 3.63) is 24.2 Å². The molecule has 3 atom stereocenters. The van der Waals surface area contributed by atoms with Crippen molar-refractivity contribution in [1.29, 1.82) is 0 Å². The molecule has 0 aromatic carbocycles. The van der Waals surface area contributed by atoms with E-state index >= 15 is 0 Å². The number of fused-ring (bicyclic) bond motifs is 1. The second-order valence-electron chi connectivity index (χ2n) is 8.23. The van der Waals surface area contributed by atoms with Gasteiger partial charge < -0.3 is 9.32 Å². The summed E-state index contributed by atoms with van der Waals surface area (Å²) in [4.78, 5) is 41.0. The lowest BCUT2D eigenvalue weighted by atomic mass is 9.81. The smallest absolute Gasteiger partial charge is 0.233 e. The number of sulfone groups is 1. The molecule has 1 aliphatic carbocycles. The van der Waals surface area contributed by atoms with Crippen molar-refractivity contribution < 1.29 is 27.2 Å². The molecule has 3 fully saturated rings. The number of carbonyl (C=O) groups excluding carboxylic acids is 3. The quantitative estimate of drug-likeness (QED) is 0.641. The number of hydrogen-bond acceptors (Lipinski definition) is 6. The van der Waals surface area contributed by atoms with Crippen LogP contribution < -0.4 is 0 Å². The number of carbonyl (C=O) groups is 3. The molecule has 3 amide bonds. The van der Waals surface area contributed by atoms with Gasteiger partial charge in [-0.1, -0.05) is 12.8 Å². The molecule has 158 valence electrons. The highest BCUT2D eigenvalue weighted by atomic mass is 32.2. The summed E-state index contributed by atoms with van der Waals surface area (Å²) in [5.41, 5.74) is 0. The van der Waals surface area contributed by atoms with Gasteiger partial charge in [-0.2, -0.15) is 0 Å². The minimum absolute atomic E-state index is 0.00578. The highest BCUT2D eigenvalue weighted by Crippen LogP contribution is 2.38. The third-order valence-electron chi connectivity index (χ3n) is 6.36. The summed E-state index contributed by atoms with van der Waals surface area (Å²) in [5.74, 6) is -0.476. The first-order valence-corrected chi connectivity index (χ1v) is 12.1. The van der Waals surface area contributed by atoms with Gasteiger partial charge >= 0.3 is 0 Å². The van der Waals surface area contributed by atoms with Crippen molar-refractivity contribution >= 4 is 27.6 Å². The predicted molar refractivity (Wildman–Crippen MR) is 103 cm³/mol. The molecule has 4 rings (SSSR count). The molecule has 2 aliphatic heterocycles. The summed E-state index contributed by atoms with van der Waals surface area (Å²) in [6, 6.07) is 3.04. The lowest BCUT2D eigenvalue weighted by molar-refractivity contribution is -0.141. The van der Waals surface area contributed by atoms with Crippen LogP contribution in [0.3, 0.4) is 0 Å². The van der Waals surface area contributed by atoms with Gasteiger partial charge in [0.25, 0.3) is 0 Å². The van der Waals surface area contributed by atoms with Gasteiger partial charge in [0.15, 0.2) is 9.84 Å². The molecule has 1 aromatic rings. The predicted octanol–water partition coefficient (Wildman–Crippen LogP) is 1.36. The van der Waals surface area contributed by atoms with Crippen LogP contribution in [0, 0.1) is 11.8 Å². The molecule has 0 spiro atoms. The molecule has 8 nitrogen and oxygen atoms in total. The summed E-state index contributed by atoms with van der Waals surface area (Å²) in [7, 11) is -3.16. The summed E-state index contributed by atoms with van der Waals surface area (Å²) >= 11 is 0. The van der Waals surface area contributed by atoms with Crippen molar-refractivity contribution in [1.82, 2.24) is 9.80 Å². The standard InChI is InChI=1S/C20H26N2O6S/c23-18(7-9-21-19(24)16-5-1-2-6-17(16)20(21)25)22(12-15-4-3-10-28-15)14-8-11-29(26,27)13-14/h3-4,10,14,16-17H,1-2,5-9,11-13H2/t14-,16+,17+/m1/s1. The minimum Gasteiger partial charge on any atom is -0.467 e. The van der Waals surface area contributed by atoms with Crippen molar-refractivity contribution in [3.63, 3.8) is 0 Å². The fraction of sp³-hybridized carbons (Fsp3) is 0.650. The molecule has 0 radical (unpaired) electrons. The average molecular weight is 423 g/mol. The molecule has 0 N–H and O–H groups in total. The highest BCUT2D eigenvalue weighted by Gasteiger charge is 2.48. The van der Waals surface area contributed by atoms with E-state index < -0.39 is 15.9 Å².